The van der Waals surface area contributed by atoms with Crippen LogP contribution in [0, 0.1) is 11.8 Å². The van der Waals surface area contributed by atoms with Crippen LogP contribution in [0.5, 0.6) is 0 Å². The van der Waals surface area contributed by atoms with Gasteiger partial charge in [-0.2, -0.15) is 0 Å². The molecule has 2 atom stereocenters. The number of unbranched alkanes of at least 4 members (excludes halogenated alkanes) is 19. The lowest BCUT2D eigenvalue weighted by molar-refractivity contribution is -0.155. The minimum atomic E-state index is -0.128. The van der Waals surface area contributed by atoms with Gasteiger partial charge in [-0.1, -0.05) is 142 Å². The summed E-state index contributed by atoms with van der Waals surface area (Å²) in [5, 5.41) is 0. The predicted octanol–water partition coefficient (Wildman–Crippen LogP) is 10.1. The minimum Gasteiger partial charge on any atom is -0.465 e. The highest BCUT2D eigenvalue weighted by Gasteiger charge is 2.32. The van der Waals surface area contributed by atoms with Gasteiger partial charge in [-0.05, 0) is 32.1 Å². The normalized spacial score (nSPS) is 17.6. The second-order valence-electron chi connectivity index (χ2n) is 11.6. The fourth-order valence-corrected chi connectivity index (χ4v) is 5.55. The van der Waals surface area contributed by atoms with Gasteiger partial charge in [-0.25, -0.2) is 0 Å². The largest absolute Gasteiger partial charge is 0.465 e. The van der Waals surface area contributed by atoms with Crippen molar-refractivity contribution in [1.29, 1.82) is 0 Å². The van der Waals surface area contributed by atoms with Gasteiger partial charge < -0.3 is 9.47 Å². The zero-order valence-corrected chi connectivity index (χ0v) is 24.9. The van der Waals surface area contributed by atoms with E-state index in [-0.39, 0.29) is 23.8 Å². The second kappa shape index (κ2) is 25.2. The van der Waals surface area contributed by atoms with E-state index in [1.54, 1.807) is 0 Å². The Balaban J connectivity index is 1.99. The van der Waals surface area contributed by atoms with Gasteiger partial charge in [0, 0.05) is 0 Å². The number of carbonyl (C=O) groups excluding carboxylic acids is 2. The first-order valence-corrected chi connectivity index (χ1v) is 16.5. The van der Waals surface area contributed by atoms with Crippen LogP contribution in [-0.2, 0) is 19.1 Å². The van der Waals surface area contributed by atoms with E-state index in [4.69, 9.17) is 9.47 Å². The molecule has 1 aliphatic carbocycles. The quantitative estimate of drug-likeness (QED) is 0.0884. The standard InChI is InChI=1S/C33H62O4/c1-3-5-7-9-11-13-15-17-19-21-23-28-37-33(35)31-26-24-25-30(29-31)32(34)36-27-22-20-18-16-14-12-10-8-6-4-2/h30-31H,3-29H2,1-2H3. The third-order valence-electron chi connectivity index (χ3n) is 8.08. The van der Waals surface area contributed by atoms with Crippen molar-refractivity contribution in [2.24, 2.45) is 11.8 Å². The van der Waals surface area contributed by atoms with Gasteiger partial charge in [0.15, 0.2) is 0 Å². The molecule has 0 aliphatic heterocycles. The maximum atomic E-state index is 12.5. The Morgan fingerprint density at radius 3 is 1.11 bits per heavy atom. The highest BCUT2D eigenvalue weighted by atomic mass is 16.5. The molecule has 1 saturated carbocycles. The molecule has 1 fully saturated rings. The predicted molar refractivity (Wildman–Crippen MR) is 156 cm³/mol. The van der Waals surface area contributed by atoms with Crippen LogP contribution in [0.3, 0.4) is 0 Å². The van der Waals surface area contributed by atoms with Crippen molar-refractivity contribution in [3.63, 3.8) is 0 Å². The number of esters is 2. The summed E-state index contributed by atoms with van der Waals surface area (Å²) in [4.78, 5) is 25.1. The Morgan fingerprint density at radius 1 is 0.486 bits per heavy atom. The van der Waals surface area contributed by atoms with Crippen molar-refractivity contribution in [2.45, 2.75) is 174 Å². The van der Waals surface area contributed by atoms with E-state index in [1.165, 1.54) is 109 Å². The highest BCUT2D eigenvalue weighted by Crippen LogP contribution is 2.31. The fraction of sp³-hybridized carbons (Fsp3) is 0.939. The summed E-state index contributed by atoms with van der Waals surface area (Å²) in [7, 11) is 0. The van der Waals surface area contributed by atoms with E-state index in [0.717, 1.165) is 44.9 Å². The van der Waals surface area contributed by atoms with E-state index >= 15 is 0 Å². The Kier molecular flexibility index (Phi) is 23.2. The lowest BCUT2D eigenvalue weighted by atomic mass is 9.81. The Morgan fingerprint density at radius 2 is 0.784 bits per heavy atom. The molecule has 1 rings (SSSR count). The van der Waals surface area contributed by atoms with Crippen LogP contribution in [0.4, 0.5) is 0 Å². The number of hydrogen-bond donors (Lipinski definition) is 0. The highest BCUT2D eigenvalue weighted by molar-refractivity contribution is 5.76. The topological polar surface area (TPSA) is 52.6 Å². The molecule has 4 heteroatoms. The van der Waals surface area contributed by atoms with Crippen LogP contribution in [0.15, 0.2) is 0 Å². The van der Waals surface area contributed by atoms with Crippen molar-refractivity contribution >= 4 is 11.9 Å². The molecule has 0 amide bonds. The zero-order valence-electron chi connectivity index (χ0n) is 24.9. The van der Waals surface area contributed by atoms with Crippen LogP contribution in [0.25, 0.3) is 0 Å². The van der Waals surface area contributed by atoms with E-state index in [0.29, 0.717) is 19.6 Å². The molecule has 0 spiro atoms. The fourth-order valence-electron chi connectivity index (χ4n) is 5.55. The molecule has 0 saturated heterocycles. The van der Waals surface area contributed by atoms with Gasteiger partial charge in [0.2, 0.25) is 0 Å². The third-order valence-corrected chi connectivity index (χ3v) is 8.08. The van der Waals surface area contributed by atoms with Crippen molar-refractivity contribution in [3.05, 3.63) is 0 Å². The smallest absolute Gasteiger partial charge is 0.308 e. The average molecular weight is 523 g/mol. The Hall–Kier alpha value is -1.06. The van der Waals surface area contributed by atoms with Crippen LogP contribution >= 0.6 is 0 Å². The average Bonchev–Trinajstić information content (AvgIpc) is 2.92. The molecule has 218 valence electrons. The van der Waals surface area contributed by atoms with Crippen LogP contribution < -0.4 is 0 Å². The van der Waals surface area contributed by atoms with E-state index in [9.17, 15) is 9.59 Å². The van der Waals surface area contributed by atoms with Gasteiger partial charge in [0.05, 0.1) is 25.0 Å². The number of hydrogen-bond acceptors (Lipinski definition) is 4. The molecule has 0 aromatic heterocycles. The first kappa shape index (κ1) is 34.0. The Labute approximate surface area is 230 Å². The van der Waals surface area contributed by atoms with Crippen LogP contribution in [0.1, 0.15) is 174 Å². The molecule has 2 unspecified atom stereocenters. The van der Waals surface area contributed by atoms with E-state index in [2.05, 4.69) is 13.8 Å². The molecule has 0 aromatic rings. The maximum Gasteiger partial charge on any atom is 0.308 e. The molecule has 1 aliphatic rings. The number of ether oxygens (including phenoxy) is 2. The molecule has 4 nitrogen and oxygen atoms in total. The summed E-state index contributed by atoms with van der Waals surface area (Å²) in [6.45, 7) is 5.58. The molecule has 0 heterocycles. The van der Waals surface area contributed by atoms with Gasteiger partial charge in [-0.15, -0.1) is 0 Å². The number of rotatable bonds is 25. The molecule has 0 N–H and O–H groups in total. The molecular weight excluding hydrogens is 460 g/mol. The first-order valence-electron chi connectivity index (χ1n) is 16.5. The van der Waals surface area contributed by atoms with Gasteiger partial charge in [-0.3, -0.25) is 9.59 Å². The van der Waals surface area contributed by atoms with Crippen molar-refractivity contribution in [1.82, 2.24) is 0 Å². The molecule has 37 heavy (non-hydrogen) atoms. The second-order valence-corrected chi connectivity index (χ2v) is 11.6. The zero-order chi connectivity index (χ0) is 26.8. The summed E-state index contributed by atoms with van der Waals surface area (Å²) in [6, 6.07) is 0. The summed E-state index contributed by atoms with van der Waals surface area (Å²) in [5.74, 6) is -0.453. The Bertz CT molecular complexity index is 532. The minimum absolute atomic E-state index is 0.0979. The first-order chi connectivity index (χ1) is 18.2. The van der Waals surface area contributed by atoms with E-state index in [1.807, 2.05) is 0 Å². The summed E-state index contributed by atoms with van der Waals surface area (Å²) in [5.41, 5.74) is 0. The summed E-state index contributed by atoms with van der Waals surface area (Å²) in [6.07, 6.45) is 30.2. The third kappa shape index (κ3) is 19.6. The SMILES string of the molecule is CCCCCCCCCCCCCOC(=O)C1CCCC(C(=O)OCCCCCCCCCCCC)C1. The van der Waals surface area contributed by atoms with Crippen LogP contribution in [0.2, 0.25) is 0 Å². The molecular formula is C33H62O4. The summed E-state index contributed by atoms with van der Waals surface area (Å²) >= 11 is 0. The van der Waals surface area contributed by atoms with Gasteiger partial charge >= 0.3 is 11.9 Å². The van der Waals surface area contributed by atoms with Crippen molar-refractivity contribution in [2.75, 3.05) is 13.2 Å². The summed E-state index contributed by atoms with van der Waals surface area (Å²) < 4.78 is 11.1. The van der Waals surface area contributed by atoms with Crippen molar-refractivity contribution < 1.29 is 19.1 Å². The van der Waals surface area contributed by atoms with Gasteiger partial charge in [0.1, 0.15) is 0 Å². The van der Waals surface area contributed by atoms with Crippen molar-refractivity contribution in [3.8, 4) is 0 Å². The lowest BCUT2D eigenvalue weighted by Gasteiger charge is -2.26. The molecule has 0 bridgehead atoms. The maximum absolute atomic E-state index is 12.5. The van der Waals surface area contributed by atoms with Crippen LogP contribution in [-0.4, -0.2) is 25.2 Å². The monoisotopic (exact) mass is 522 g/mol. The van der Waals surface area contributed by atoms with E-state index < -0.39 is 0 Å². The van der Waals surface area contributed by atoms with Gasteiger partial charge in [0.25, 0.3) is 0 Å². The number of carbonyl (C=O) groups is 2. The molecule has 0 aromatic carbocycles. The lowest BCUT2D eigenvalue weighted by Crippen LogP contribution is -2.30. The molecule has 0 radical (unpaired) electrons.